The topological polar surface area (TPSA) is 15.3 Å². The number of benzene rings is 1. The number of rotatable bonds is 2. The van der Waals surface area contributed by atoms with E-state index in [0.29, 0.717) is 12.1 Å². The molecule has 1 N–H and O–H groups in total. The van der Waals surface area contributed by atoms with Gasteiger partial charge in [0.2, 0.25) is 0 Å². The lowest BCUT2D eigenvalue weighted by Gasteiger charge is -2.15. The minimum atomic E-state index is 0.596. The molecule has 0 bridgehead atoms. The second-order valence-corrected chi connectivity index (χ2v) is 5.99. The number of aryl methyl sites for hydroxylation is 1. The largest absolute Gasteiger partial charge is 0.381 e. The molecule has 0 spiro atoms. The van der Waals surface area contributed by atoms with Gasteiger partial charge >= 0.3 is 0 Å². The van der Waals surface area contributed by atoms with Gasteiger partial charge in [0, 0.05) is 27.9 Å². The minimum absolute atomic E-state index is 0.596. The Morgan fingerprint density at radius 2 is 2.19 bits per heavy atom. The van der Waals surface area contributed by atoms with Crippen LogP contribution in [0.1, 0.15) is 18.9 Å². The van der Waals surface area contributed by atoms with E-state index in [1.807, 2.05) is 0 Å². The summed E-state index contributed by atoms with van der Waals surface area (Å²) in [6.07, 6.45) is 1.24. The van der Waals surface area contributed by atoms with E-state index < -0.39 is 0 Å². The Morgan fingerprint density at radius 3 is 2.75 bits per heavy atom. The van der Waals surface area contributed by atoms with Crippen molar-refractivity contribution in [1.29, 1.82) is 0 Å². The van der Waals surface area contributed by atoms with Gasteiger partial charge in [0.1, 0.15) is 0 Å². The molecule has 1 aliphatic rings. The van der Waals surface area contributed by atoms with Gasteiger partial charge < -0.3 is 10.2 Å². The van der Waals surface area contributed by atoms with E-state index in [1.54, 1.807) is 0 Å². The number of likely N-dealkylation sites (N-methyl/N-ethyl adjacent to an activating group) is 1. The Balaban J connectivity index is 2.02. The summed E-state index contributed by atoms with van der Waals surface area (Å²) in [7, 11) is 2.20. The van der Waals surface area contributed by atoms with Crippen LogP contribution in [0.5, 0.6) is 0 Å². The van der Waals surface area contributed by atoms with Crippen LogP contribution in [-0.2, 0) is 0 Å². The van der Waals surface area contributed by atoms with Gasteiger partial charge in [-0.1, -0.05) is 6.07 Å². The molecule has 3 heteroatoms. The highest BCUT2D eigenvalue weighted by Gasteiger charge is 2.25. The molecule has 0 amide bonds. The van der Waals surface area contributed by atoms with Crippen LogP contribution in [0.4, 0.5) is 5.69 Å². The number of likely N-dealkylation sites (tertiary alicyclic amines) is 1. The number of hydrogen-bond donors (Lipinski definition) is 1. The molecule has 0 aromatic heterocycles. The van der Waals surface area contributed by atoms with E-state index in [2.05, 4.69) is 71.9 Å². The van der Waals surface area contributed by atoms with E-state index >= 15 is 0 Å². The van der Waals surface area contributed by atoms with Crippen LogP contribution in [-0.4, -0.2) is 30.6 Å². The molecule has 2 atom stereocenters. The summed E-state index contributed by atoms with van der Waals surface area (Å²) in [5.74, 6) is 0. The monoisotopic (exact) mass is 330 g/mol. The van der Waals surface area contributed by atoms with Gasteiger partial charge in [-0.05, 0) is 67.6 Å². The van der Waals surface area contributed by atoms with Gasteiger partial charge in [0.25, 0.3) is 0 Å². The fraction of sp³-hybridized carbons (Fsp3) is 0.538. The van der Waals surface area contributed by atoms with Crippen LogP contribution in [0.15, 0.2) is 18.2 Å². The third-order valence-electron chi connectivity index (χ3n) is 3.43. The van der Waals surface area contributed by atoms with Crippen molar-refractivity contribution in [3.8, 4) is 0 Å². The average Bonchev–Trinajstić information content (AvgIpc) is 2.52. The first-order valence-corrected chi connectivity index (χ1v) is 6.87. The quantitative estimate of drug-likeness (QED) is 0.839. The van der Waals surface area contributed by atoms with Crippen molar-refractivity contribution in [2.45, 2.75) is 32.4 Å². The molecule has 1 aliphatic heterocycles. The van der Waals surface area contributed by atoms with Crippen LogP contribution >= 0.6 is 22.6 Å². The summed E-state index contributed by atoms with van der Waals surface area (Å²) < 4.78 is 1.34. The molecular weight excluding hydrogens is 311 g/mol. The molecule has 0 aliphatic carbocycles. The van der Waals surface area contributed by atoms with Crippen molar-refractivity contribution in [1.82, 2.24) is 4.90 Å². The number of nitrogens with zero attached hydrogens (tertiary/aromatic N) is 1. The van der Waals surface area contributed by atoms with E-state index in [9.17, 15) is 0 Å². The maximum absolute atomic E-state index is 3.62. The van der Waals surface area contributed by atoms with Gasteiger partial charge in [-0.25, -0.2) is 0 Å². The van der Waals surface area contributed by atoms with Crippen molar-refractivity contribution < 1.29 is 0 Å². The fourth-order valence-electron chi connectivity index (χ4n) is 2.22. The lowest BCUT2D eigenvalue weighted by Crippen LogP contribution is -2.24. The summed E-state index contributed by atoms with van der Waals surface area (Å²) in [5.41, 5.74) is 2.60. The second kappa shape index (κ2) is 4.92. The van der Waals surface area contributed by atoms with Crippen LogP contribution < -0.4 is 5.32 Å². The number of nitrogens with one attached hydrogen (secondary N) is 1. The first kappa shape index (κ1) is 12.2. The molecule has 0 radical (unpaired) electrons. The Bertz CT molecular complexity index is 368. The average molecular weight is 330 g/mol. The van der Waals surface area contributed by atoms with Crippen LogP contribution in [0.3, 0.4) is 0 Å². The smallest absolute Gasteiger partial charge is 0.0403 e. The molecule has 1 aromatic rings. The molecule has 1 aromatic carbocycles. The zero-order valence-electron chi connectivity index (χ0n) is 10.1. The van der Waals surface area contributed by atoms with Gasteiger partial charge in [-0.15, -0.1) is 0 Å². The molecule has 1 heterocycles. The number of hydrogen-bond acceptors (Lipinski definition) is 2. The normalized spacial score (nSPS) is 26.0. The van der Waals surface area contributed by atoms with Crippen LogP contribution in [0.25, 0.3) is 0 Å². The second-order valence-electron chi connectivity index (χ2n) is 4.83. The van der Waals surface area contributed by atoms with Crippen molar-refractivity contribution in [2.24, 2.45) is 0 Å². The first-order valence-electron chi connectivity index (χ1n) is 5.79. The van der Waals surface area contributed by atoms with Gasteiger partial charge in [-0.3, -0.25) is 0 Å². The highest BCUT2D eigenvalue weighted by Crippen LogP contribution is 2.22. The van der Waals surface area contributed by atoms with Gasteiger partial charge in [-0.2, -0.15) is 0 Å². The Morgan fingerprint density at radius 1 is 1.44 bits per heavy atom. The molecule has 16 heavy (non-hydrogen) atoms. The first-order chi connectivity index (χ1) is 7.56. The standard InChI is InChI=1S/C13H19IN2/c1-9-4-5-11(7-13(9)14)15-12-6-10(2)16(3)8-12/h4-5,7,10,12,15H,6,8H2,1-3H3. The predicted molar refractivity (Wildman–Crippen MR) is 78.0 cm³/mol. The fourth-order valence-corrected chi connectivity index (χ4v) is 2.73. The lowest BCUT2D eigenvalue weighted by molar-refractivity contribution is 0.330. The molecule has 2 nitrogen and oxygen atoms in total. The van der Waals surface area contributed by atoms with E-state index in [0.717, 1.165) is 6.54 Å². The SMILES string of the molecule is Cc1ccc(NC2CC(C)N(C)C2)cc1I. The molecule has 2 rings (SSSR count). The highest BCUT2D eigenvalue weighted by molar-refractivity contribution is 14.1. The Labute approximate surface area is 112 Å². The van der Waals surface area contributed by atoms with Crippen LogP contribution in [0.2, 0.25) is 0 Å². The highest BCUT2D eigenvalue weighted by atomic mass is 127. The maximum atomic E-state index is 3.62. The molecule has 88 valence electrons. The molecule has 0 saturated carbocycles. The molecular formula is C13H19IN2. The number of halogens is 1. The summed E-state index contributed by atoms with van der Waals surface area (Å²) >= 11 is 2.39. The maximum Gasteiger partial charge on any atom is 0.0403 e. The molecule has 1 fully saturated rings. The third kappa shape index (κ3) is 2.69. The minimum Gasteiger partial charge on any atom is -0.381 e. The predicted octanol–water partition coefficient (Wildman–Crippen LogP) is 3.10. The van der Waals surface area contributed by atoms with Gasteiger partial charge in [0.15, 0.2) is 0 Å². The van der Waals surface area contributed by atoms with Gasteiger partial charge in [0.05, 0.1) is 0 Å². The third-order valence-corrected chi connectivity index (χ3v) is 4.59. The Kier molecular flexibility index (Phi) is 3.74. The molecule has 1 saturated heterocycles. The van der Waals surface area contributed by atoms with Crippen molar-refractivity contribution in [3.63, 3.8) is 0 Å². The summed E-state index contributed by atoms with van der Waals surface area (Å²) in [5, 5.41) is 3.62. The Hall–Kier alpha value is -0.290. The zero-order chi connectivity index (χ0) is 11.7. The van der Waals surface area contributed by atoms with E-state index in [4.69, 9.17) is 0 Å². The number of anilines is 1. The summed E-state index contributed by atoms with van der Waals surface area (Å²) in [4.78, 5) is 2.41. The van der Waals surface area contributed by atoms with Crippen molar-refractivity contribution >= 4 is 28.3 Å². The van der Waals surface area contributed by atoms with Crippen molar-refractivity contribution in [2.75, 3.05) is 18.9 Å². The zero-order valence-corrected chi connectivity index (χ0v) is 12.3. The lowest BCUT2D eigenvalue weighted by atomic mass is 10.1. The molecule has 2 unspecified atom stereocenters. The van der Waals surface area contributed by atoms with E-state index in [-0.39, 0.29) is 0 Å². The van der Waals surface area contributed by atoms with Crippen LogP contribution in [0, 0.1) is 10.5 Å². The summed E-state index contributed by atoms with van der Waals surface area (Å²) in [6.45, 7) is 5.59. The summed E-state index contributed by atoms with van der Waals surface area (Å²) in [6, 6.07) is 7.89. The van der Waals surface area contributed by atoms with Crippen molar-refractivity contribution in [3.05, 3.63) is 27.3 Å². The van der Waals surface area contributed by atoms with E-state index in [1.165, 1.54) is 21.2 Å².